The molecule has 80 valence electrons. The summed E-state index contributed by atoms with van der Waals surface area (Å²) in [6.45, 7) is 5.00. The van der Waals surface area contributed by atoms with Crippen LogP contribution in [0.25, 0.3) is 0 Å². The molecule has 0 N–H and O–H groups in total. The van der Waals surface area contributed by atoms with E-state index in [-0.39, 0.29) is 6.04 Å². The standard InChI is InChI=1S/C12H14ClNO/c1-8(2)11-7-15-12(14-11)9-3-5-10(13)6-4-9/h3-6,8,11H,7H2,1-2H3/t11-/m1/s1. The van der Waals surface area contributed by atoms with Gasteiger partial charge in [0.25, 0.3) is 0 Å². The normalized spacial score (nSPS) is 20.3. The largest absolute Gasteiger partial charge is 0.475 e. The maximum atomic E-state index is 5.82. The van der Waals surface area contributed by atoms with Crippen LogP contribution in [-0.4, -0.2) is 18.5 Å². The summed E-state index contributed by atoms with van der Waals surface area (Å²) in [5, 5.41) is 0.734. The first-order valence-electron chi connectivity index (χ1n) is 5.13. The van der Waals surface area contributed by atoms with Crippen molar-refractivity contribution in [1.29, 1.82) is 0 Å². The molecule has 0 radical (unpaired) electrons. The van der Waals surface area contributed by atoms with Gasteiger partial charge >= 0.3 is 0 Å². The van der Waals surface area contributed by atoms with Crippen LogP contribution in [0, 0.1) is 5.92 Å². The summed E-state index contributed by atoms with van der Waals surface area (Å²) in [5.41, 5.74) is 1.00. The Morgan fingerprint density at radius 1 is 1.33 bits per heavy atom. The molecule has 2 nitrogen and oxygen atoms in total. The molecule has 1 aliphatic rings. The summed E-state index contributed by atoms with van der Waals surface area (Å²) < 4.78 is 5.56. The van der Waals surface area contributed by atoms with Crippen molar-refractivity contribution in [2.24, 2.45) is 10.9 Å². The Bertz CT molecular complexity index is 370. The molecule has 0 aliphatic carbocycles. The van der Waals surface area contributed by atoms with Crippen LogP contribution in [0.2, 0.25) is 5.02 Å². The Morgan fingerprint density at radius 2 is 2.00 bits per heavy atom. The van der Waals surface area contributed by atoms with Crippen molar-refractivity contribution < 1.29 is 4.74 Å². The molecule has 2 rings (SSSR count). The molecule has 0 spiro atoms. The second-order valence-corrected chi connectivity index (χ2v) is 4.50. The highest BCUT2D eigenvalue weighted by atomic mass is 35.5. The monoisotopic (exact) mass is 223 g/mol. The number of nitrogens with zero attached hydrogens (tertiary/aromatic N) is 1. The average molecular weight is 224 g/mol. The maximum absolute atomic E-state index is 5.82. The van der Waals surface area contributed by atoms with Crippen LogP contribution in [-0.2, 0) is 4.74 Å². The lowest BCUT2D eigenvalue weighted by atomic mass is 10.1. The highest BCUT2D eigenvalue weighted by Crippen LogP contribution is 2.18. The molecule has 0 saturated carbocycles. The van der Waals surface area contributed by atoms with Crippen LogP contribution in [0.1, 0.15) is 19.4 Å². The van der Waals surface area contributed by atoms with E-state index in [0.29, 0.717) is 12.5 Å². The van der Waals surface area contributed by atoms with Gasteiger partial charge < -0.3 is 4.74 Å². The third-order valence-corrected chi connectivity index (χ3v) is 2.79. The number of benzene rings is 1. The van der Waals surface area contributed by atoms with Crippen molar-refractivity contribution in [2.75, 3.05) is 6.61 Å². The van der Waals surface area contributed by atoms with Crippen LogP contribution >= 0.6 is 11.6 Å². The molecular weight excluding hydrogens is 210 g/mol. The van der Waals surface area contributed by atoms with Gasteiger partial charge in [0.05, 0.1) is 6.04 Å². The van der Waals surface area contributed by atoms with E-state index < -0.39 is 0 Å². The predicted molar refractivity (Wildman–Crippen MR) is 62.6 cm³/mol. The highest BCUT2D eigenvalue weighted by molar-refractivity contribution is 6.30. The Balaban J connectivity index is 2.19. The predicted octanol–water partition coefficient (Wildman–Crippen LogP) is 3.14. The van der Waals surface area contributed by atoms with Gasteiger partial charge in [0.2, 0.25) is 5.90 Å². The van der Waals surface area contributed by atoms with Crippen LogP contribution in [0.3, 0.4) is 0 Å². The van der Waals surface area contributed by atoms with Gasteiger partial charge in [0.1, 0.15) is 6.61 Å². The summed E-state index contributed by atoms with van der Waals surface area (Å²) in [5.74, 6) is 1.26. The molecule has 0 unspecified atom stereocenters. The number of ether oxygens (including phenoxy) is 1. The SMILES string of the molecule is CC(C)[C@H]1COC(c2ccc(Cl)cc2)=N1. The minimum atomic E-state index is 0.288. The molecule has 3 heteroatoms. The lowest BCUT2D eigenvalue weighted by molar-refractivity contribution is 0.292. The smallest absolute Gasteiger partial charge is 0.216 e. The molecule has 0 saturated heterocycles. The molecule has 0 aromatic heterocycles. The lowest BCUT2D eigenvalue weighted by Gasteiger charge is -2.06. The minimum Gasteiger partial charge on any atom is -0.475 e. The zero-order chi connectivity index (χ0) is 10.8. The van der Waals surface area contributed by atoms with E-state index in [0.717, 1.165) is 16.5 Å². The molecular formula is C12H14ClNO. The van der Waals surface area contributed by atoms with E-state index in [2.05, 4.69) is 18.8 Å². The van der Waals surface area contributed by atoms with Gasteiger partial charge in [-0.1, -0.05) is 25.4 Å². The van der Waals surface area contributed by atoms with E-state index in [1.807, 2.05) is 24.3 Å². The van der Waals surface area contributed by atoms with Crippen LogP contribution < -0.4 is 0 Å². The fourth-order valence-corrected chi connectivity index (χ4v) is 1.61. The van der Waals surface area contributed by atoms with E-state index in [1.165, 1.54) is 0 Å². The van der Waals surface area contributed by atoms with Crippen LogP contribution in [0.4, 0.5) is 0 Å². The van der Waals surface area contributed by atoms with Crippen molar-refractivity contribution in [1.82, 2.24) is 0 Å². The second kappa shape index (κ2) is 4.23. The zero-order valence-corrected chi connectivity index (χ0v) is 9.66. The van der Waals surface area contributed by atoms with Crippen molar-refractivity contribution in [3.8, 4) is 0 Å². The summed E-state index contributed by atoms with van der Waals surface area (Å²) in [4.78, 5) is 4.54. The van der Waals surface area contributed by atoms with Crippen LogP contribution in [0.15, 0.2) is 29.3 Å². The molecule has 1 aliphatic heterocycles. The number of halogens is 1. The molecule has 1 heterocycles. The van der Waals surface area contributed by atoms with Gasteiger partial charge in [-0.25, -0.2) is 4.99 Å². The van der Waals surface area contributed by atoms with Crippen molar-refractivity contribution in [3.05, 3.63) is 34.9 Å². The summed E-state index contributed by atoms with van der Waals surface area (Å²) in [7, 11) is 0. The molecule has 1 aromatic rings. The fourth-order valence-electron chi connectivity index (χ4n) is 1.48. The third-order valence-electron chi connectivity index (χ3n) is 2.53. The maximum Gasteiger partial charge on any atom is 0.216 e. The number of rotatable bonds is 2. The van der Waals surface area contributed by atoms with Gasteiger partial charge in [-0.15, -0.1) is 0 Å². The molecule has 1 atom stereocenters. The van der Waals surface area contributed by atoms with Gasteiger partial charge in [-0.3, -0.25) is 0 Å². The Hall–Kier alpha value is -1.02. The quantitative estimate of drug-likeness (QED) is 0.755. The Labute approximate surface area is 94.9 Å². The minimum absolute atomic E-state index is 0.288. The molecule has 0 amide bonds. The van der Waals surface area contributed by atoms with E-state index >= 15 is 0 Å². The van der Waals surface area contributed by atoms with Crippen LogP contribution in [0.5, 0.6) is 0 Å². The topological polar surface area (TPSA) is 21.6 Å². The second-order valence-electron chi connectivity index (χ2n) is 4.06. The summed E-state index contributed by atoms with van der Waals surface area (Å²) in [6.07, 6.45) is 0. The van der Waals surface area contributed by atoms with Crippen molar-refractivity contribution in [3.63, 3.8) is 0 Å². The average Bonchev–Trinajstić information content (AvgIpc) is 2.68. The molecule has 15 heavy (non-hydrogen) atoms. The number of aliphatic imine (C=N–C) groups is 1. The van der Waals surface area contributed by atoms with Gasteiger partial charge in [0, 0.05) is 10.6 Å². The Kier molecular flexibility index (Phi) is 2.96. The molecule has 1 aromatic carbocycles. The highest BCUT2D eigenvalue weighted by Gasteiger charge is 2.22. The van der Waals surface area contributed by atoms with Crippen molar-refractivity contribution >= 4 is 17.5 Å². The fraction of sp³-hybridized carbons (Fsp3) is 0.417. The van der Waals surface area contributed by atoms with Gasteiger partial charge in [0.15, 0.2) is 0 Å². The number of hydrogen-bond donors (Lipinski definition) is 0. The number of hydrogen-bond acceptors (Lipinski definition) is 2. The van der Waals surface area contributed by atoms with Crippen molar-refractivity contribution in [2.45, 2.75) is 19.9 Å². The van der Waals surface area contributed by atoms with Gasteiger partial charge in [-0.2, -0.15) is 0 Å². The van der Waals surface area contributed by atoms with E-state index in [1.54, 1.807) is 0 Å². The first kappa shape index (κ1) is 10.5. The molecule has 0 fully saturated rings. The van der Waals surface area contributed by atoms with E-state index in [9.17, 15) is 0 Å². The summed E-state index contributed by atoms with van der Waals surface area (Å²) in [6, 6.07) is 7.86. The Morgan fingerprint density at radius 3 is 2.53 bits per heavy atom. The summed E-state index contributed by atoms with van der Waals surface area (Å²) >= 11 is 5.82. The third kappa shape index (κ3) is 2.32. The molecule has 0 bridgehead atoms. The lowest BCUT2D eigenvalue weighted by Crippen LogP contribution is -2.13. The van der Waals surface area contributed by atoms with Gasteiger partial charge in [-0.05, 0) is 30.2 Å². The first-order chi connectivity index (χ1) is 7.16. The zero-order valence-electron chi connectivity index (χ0n) is 8.90. The first-order valence-corrected chi connectivity index (χ1v) is 5.51. The van der Waals surface area contributed by atoms with E-state index in [4.69, 9.17) is 16.3 Å².